The highest BCUT2D eigenvalue weighted by Crippen LogP contribution is 2.28. The van der Waals surface area contributed by atoms with Gasteiger partial charge in [-0.15, -0.1) is 0 Å². The van der Waals surface area contributed by atoms with Gasteiger partial charge in [0.05, 0.1) is 16.8 Å². The molecular weight excluding hydrogens is 399 g/mol. The molecule has 2 aromatic rings. The van der Waals surface area contributed by atoms with Gasteiger partial charge in [0.1, 0.15) is 16.3 Å². The average Bonchev–Trinajstić information content (AvgIpc) is 2.38. The number of nitrogens with zero attached hydrogens (tertiary/aromatic N) is 1. The Kier molecular flexibility index (Phi) is 4.83. The Bertz CT molecular complexity index is 675. The Morgan fingerprint density at radius 3 is 2.84 bits per heavy atom. The third kappa shape index (κ3) is 3.28. The van der Waals surface area contributed by atoms with Gasteiger partial charge in [0, 0.05) is 17.1 Å². The van der Waals surface area contributed by atoms with E-state index in [2.05, 4.69) is 41.8 Å². The Balaban J connectivity index is 2.62. The highest BCUT2D eigenvalue weighted by atomic mass is 79.9. The fourth-order valence-electron chi connectivity index (χ4n) is 1.56. The zero-order valence-electron chi connectivity index (χ0n) is 9.84. The first-order valence-electron chi connectivity index (χ1n) is 5.26. The lowest BCUT2D eigenvalue weighted by Gasteiger charge is -2.09. The van der Waals surface area contributed by atoms with Crippen molar-refractivity contribution in [3.8, 4) is 11.4 Å². The topological polar surface area (TPSA) is 37.9 Å². The van der Waals surface area contributed by atoms with Crippen molar-refractivity contribution >= 4 is 44.1 Å². The summed E-state index contributed by atoms with van der Waals surface area (Å²) in [6.07, 6.45) is 0. The first-order valence-corrected chi connectivity index (χ1v) is 7.25. The molecule has 100 valence electrons. The van der Waals surface area contributed by atoms with Gasteiger partial charge in [0.15, 0.2) is 0 Å². The monoisotopic (exact) mass is 406 g/mol. The van der Waals surface area contributed by atoms with Gasteiger partial charge < -0.3 is 9.72 Å². The van der Waals surface area contributed by atoms with Crippen LogP contribution in [0, 0.1) is 10.5 Å². The maximum Gasteiger partial charge on any atom is 0.144 e. The predicted octanol–water partition coefficient (Wildman–Crippen LogP) is 4.62. The number of H-pyrrole nitrogens is 1. The van der Waals surface area contributed by atoms with Gasteiger partial charge in [-0.1, -0.05) is 28.1 Å². The normalized spacial score (nSPS) is 10.7. The van der Waals surface area contributed by atoms with E-state index in [1.807, 2.05) is 0 Å². The third-order valence-corrected chi connectivity index (χ3v) is 4.51. The Labute approximate surface area is 131 Å². The van der Waals surface area contributed by atoms with Crippen LogP contribution in [0.15, 0.2) is 27.1 Å². The van der Waals surface area contributed by atoms with Crippen LogP contribution in [-0.2, 0) is 11.3 Å². The van der Waals surface area contributed by atoms with Gasteiger partial charge >= 0.3 is 0 Å². The number of benzene rings is 1. The second-order valence-electron chi connectivity index (χ2n) is 3.74. The third-order valence-electron chi connectivity index (χ3n) is 2.41. The summed E-state index contributed by atoms with van der Waals surface area (Å²) >= 11 is 11.9. The van der Waals surface area contributed by atoms with Gasteiger partial charge in [-0.2, -0.15) is 0 Å². The predicted molar refractivity (Wildman–Crippen MR) is 80.9 cm³/mol. The summed E-state index contributed by atoms with van der Waals surface area (Å²) in [6, 6.07) is 4.39. The lowest BCUT2D eigenvalue weighted by molar-refractivity contribution is 0.181. The maximum absolute atomic E-state index is 13.3. The second-order valence-corrected chi connectivity index (χ2v) is 5.77. The zero-order valence-corrected chi connectivity index (χ0v) is 13.8. The number of ether oxygens (including phenoxy) is 1. The number of methoxy groups -OCH3 is 1. The average molecular weight is 408 g/mol. The zero-order chi connectivity index (χ0) is 14.0. The molecule has 1 aromatic carbocycles. The Morgan fingerprint density at radius 2 is 2.16 bits per heavy atom. The summed E-state index contributed by atoms with van der Waals surface area (Å²) in [5.74, 6) is 0.155. The molecule has 0 fully saturated rings. The largest absolute Gasteiger partial charge is 0.378 e. The van der Waals surface area contributed by atoms with Crippen molar-refractivity contribution in [2.75, 3.05) is 7.11 Å². The lowest BCUT2D eigenvalue weighted by atomic mass is 10.2. The molecule has 0 aliphatic rings. The highest BCUT2D eigenvalue weighted by Gasteiger charge is 2.11. The molecule has 1 aromatic heterocycles. The second kappa shape index (κ2) is 6.21. The maximum atomic E-state index is 13.3. The van der Waals surface area contributed by atoms with Gasteiger partial charge in [0.2, 0.25) is 0 Å². The molecule has 1 N–H and O–H groups in total. The van der Waals surface area contributed by atoms with Crippen LogP contribution in [0.1, 0.15) is 5.69 Å². The van der Waals surface area contributed by atoms with Crippen molar-refractivity contribution in [1.82, 2.24) is 9.97 Å². The van der Waals surface area contributed by atoms with Gasteiger partial charge in [-0.25, -0.2) is 9.37 Å². The molecule has 0 amide bonds. The van der Waals surface area contributed by atoms with Crippen LogP contribution in [0.3, 0.4) is 0 Å². The molecule has 19 heavy (non-hydrogen) atoms. The summed E-state index contributed by atoms with van der Waals surface area (Å²) in [4.78, 5) is 7.34. The highest BCUT2D eigenvalue weighted by molar-refractivity contribution is 9.11. The van der Waals surface area contributed by atoms with E-state index in [1.165, 1.54) is 12.1 Å². The van der Waals surface area contributed by atoms with Crippen molar-refractivity contribution in [3.05, 3.63) is 43.3 Å². The number of hydrogen-bond acceptors (Lipinski definition) is 3. The fraction of sp³-hybridized carbons (Fsp3) is 0.167. The van der Waals surface area contributed by atoms with Crippen LogP contribution in [0.2, 0.25) is 0 Å². The molecule has 3 nitrogen and oxygen atoms in total. The fourth-order valence-corrected chi connectivity index (χ4v) is 2.51. The van der Waals surface area contributed by atoms with Gasteiger partial charge in [0.25, 0.3) is 0 Å². The summed E-state index contributed by atoms with van der Waals surface area (Å²) in [7, 11) is 1.58. The number of aromatic amines is 1. The van der Waals surface area contributed by atoms with Crippen LogP contribution >= 0.6 is 44.1 Å². The van der Waals surface area contributed by atoms with Crippen molar-refractivity contribution in [3.63, 3.8) is 0 Å². The summed E-state index contributed by atoms with van der Waals surface area (Å²) in [5, 5.41) is 0. The van der Waals surface area contributed by atoms with Crippen LogP contribution < -0.4 is 0 Å². The molecule has 0 aliphatic carbocycles. The molecule has 0 spiro atoms. The number of hydrogen-bond donors (Lipinski definition) is 1. The standard InChI is InChI=1S/C12H9Br2FN2OS/c1-18-5-9-10(14)12(19)17-11(16-9)7-4-6(15)2-3-8(7)13/h2-4H,5H2,1H3,(H,16,17,19). The van der Waals surface area contributed by atoms with Crippen molar-refractivity contribution in [2.24, 2.45) is 0 Å². The molecule has 0 unspecified atom stereocenters. The van der Waals surface area contributed by atoms with E-state index in [1.54, 1.807) is 13.2 Å². The summed E-state index contributed by atoms with van der Waals surface area (Å²) in [6.45, 7) is 0.354. The molecule has 1 heterocycles. The van der Waals surface area contributed by atoms with E-state index < -0.39 is 0 Å². The van der Waals surface area contributed by atoms with Crippen LogP contribution in [0.25, 0.3) is 11.4 Å². The summed E-state index contributed by atoms with van der Waals surface area (Å²) < 4.78 is 20.2. The van der Waals surface area contributed by atoms with Crippen LogP contribution in [0.4, 0.5) is 4.39 Å². The van der Waals surface area contributed by atoms with Crippen LogP contribution in [-0.4, -0.2) is 17.1 Å². The molecule has 0 atom stereocenters. The molecule has 0 aliphatic heterocycles. The molecule has 0 bridgehead atoms. The SMILES string of the molecule is COCc1[nH]c(-c2cc(F)ccc2Br)nc(=S)c1Br. The molecule has 7 heteroatoms. The van der Waals surface area contributed by atoms with E-state index in [9.17, 15) is 4.39 Å². The van der Waals surface area contributed by atoms with Gasteiger partial charge in [-0.3, -0.25) is 0 Å². The number of aromatic nitrogens is 2. The summed E-state index contributed by atoms with van der Waals surface area (Å²) in [5.41, 5.74) is 1.37. The van der Waals surface area contributed by atoms with Crippen molar-refractivity contribution in [1.29, 1.82) is 0 Å². The number of halogens is 3. The quantitative estimate of drug-likeness (QED) is 0.754. The van der Waals surface area contributed by atoms with E-state index >= 15 is 0 Å². The van der Waals surface area contributed by atoms with Crippen LogP contribution in [0.5, 0.6) is 0 Å². The van der Waals surface area contributed by atoms with E-state index in [4.69, 9.17) is 17.0 Å². The number of nitrogens with one attached hydrogen (secondary N) is 1. The first-order chi connectivity index (χ1) is 9.02. The van der Waals surface area contributed by atoms with E-state index in [0.29, 0.717) is 27.1 Å². The lowest BCUT2D eigenvalue weighted by Crippen LogP contribution is -2.00. The van der Waals surface area contributed by atoms with Crippen molar-refractivity contribution in [2.45, 2.75) is 6.61 Å². The smallest absolute Gasteiger partial charge is 0.144 e. The molecule has 2 rings (SSSR count). The number of rotatable bonds is 3. The molecule has 0 saturated heterocycles. The Morgan fingerprint density at radius 1 is 1.42 bits per heavy atom. The molecule has 0 saturated carbocycles. The van der Waals surface area contributed by atoms with E-state index in [-0.39, 0.29) is 5.82 Å². The minimum Gasteiger partial charge on any atom is -0.378 e. The van der Waals surface area contributed by atoms with Gasteiger partial charge in [-0.05, 0) is 34.1 Å². The minimum atomic E-state index is -0.337. The van der Waals surface area contributed by atoms with E-state index in [0.717, 1.165) is 10.2 Å². The molecule has 0 radical (unpaired) electrons. The Hall–Kier alpha value is -0.630. The first kappa shape index (κ1) is 14.8. The molecular formula is C12H9Br2FN2OS. The minimum absolute atomic E-state index is 0.337. The van der Waals surface area contributed by atoms with Crippen molar-refractivity contribution < 1.29 is 9.13 Å².